The van der Waals surface area contributed by atoms with E-state index in [0.717, 1.165) is 12.8 Å². The molecule has 0 aromatic rings. The summed E-state index contributed by atoms with van der Waals surface area (Å²) in [6.45, 7) is 8.20. The molecule has 16 heavy (non-hydrogen) atoms. The normalized spacial score (nSPS) is 10.5. The van der Waals surface area contributed by atoms with Crippen LogP contribution in [-0.2, 0) is 9.53 Å². The molecule has 0 radical (unpaired) electrons. The van der Waals surface area contributed by atoms with E-state index in [1.54, 1.807) is 0 Å². The van der Waals surface area contributed by atoms with Crippen molar-refractivity contribution in [2.45, 2.75) is 59.8 Å². The minimum Gasteiger partial charge on any atom is -0.466 e. The van der Waals surface area contributed by atoms with Gasteiger partial charge >= 0.3 is 5.97 Å². The standard InChI is InChI=1S/C14H24O2/c1-5-7-8-9-10-11-12-14(3,4)13(15)16-6-2/h5-9,12H2,1-4H3. The van der Waals surface area contributed by atoms with E-state index < -0.39 is 5.41 Å². The van der Waals surface area contributed by atoms with Crippen molar-refractivity contribution in [2.75, 3.05) is 6.61 Å². The lowest BCUT2D eigenvalue weighted by atomic mass is 9.90. The number of esters is 1. The molecule has 0 unspecified atom stereocenters. The van der Waals surface area contributed by atoms with Gasteiger partial charge in [-0.1, -0.05) is 19.8 Å². The summed E-state index contributed by atoms with van der Waals surface area (Å²) in [5.41, 5.74) is -0.478. The molecule has 0 amide bonds. The minimum atomic E-state index is -0.478. The van der Waals surface area contributed by atoms with E-state index in [2.05, 4.69) is 18.8 Å². The Morgan fingerprint density at radius 3 is 2.44 bits per heavy atom. The number of hydrogen-bond acceptors (Lipinski definition) is 2. The predicted molar refractivity (Wildman–Crippen MR) is 66.9 cm³/mol. The Balaban J connectivity index is 3.92. The number of hydrogen-bond donors (Lipinski definition) is 0. The van der Waals surface area contributed by atoms with Crippen molar-refractivity contribution >= 4 is 5.97 Å². The van der Waals surface area contributed by atoms with Crippen LogP contribution in [0.4, 0.5) is 0 Å². The van der Waals surface area contributed by atoms with E-state index >= 15 is 0 Å². The first kappa shape index (κ1) is 15.0. The first-order valence-corrected chi connectivity index (χ1v) is 6.17. The Kier molecular flexibility index (Phi) is 7.72. The topological polar surface area (TPSA) is 26.3 Å². The molecule has 0 aromatic carbocycles. The fraction of sp³-hybridized carbons (Fsp3) is 0.786. The van der Waals surface area contributed by atoms with Gasteiger partial charge in [-0.2, -0.15) is 0 Å². The molecule has 0 N–H and O–H groups in total. The smallest absolute Gasteiger partial charge is 0.312 e. The summed E-state index contributed by atoms with van der Waals surface area (Å²) in [6, 6.07) is 0. The Hall–Kier alpha value is -0.970. The van der Waals surface area contributed by atoms with E-state index in [-0.39, 0.29) is 5.97 Å². The van der Waals surface area contributed by atoms with Crippen LogP contribution in [0.3, 0.4) is 0 Å². The third kappa shape index (κ3) is 6.50. The maximum absolute atomic E-state index is 11.5. The third-order valence-electron chi connectivity index (χ3n) is 2.39. The van der Waals surface area contributed by atoms with Crippen LogP contribution in [0.5, 0.6) is 0 Å². The van der Waals surface area contributed by atoms with Crippen LogP contribution >= 0.6 is 0 Å². The van der Waals surface area contributed by atoms with Crippen molar-refractivity contribution in [3.63, 3.8) is 0 Å². The average molecular weight is 224 g/mol. The first-order valence-electron chi connectivity index (χ1n) is 6.17. The van der Waals surface area contributed by atoms with Gasteiger partial charge in [0, 0.05) is 12.8 Å². The Morgan fingerprint density at radius 2 is 1.88 bits per heavy atom. The fourth-order valence-electron chi connectivity index (χ4n) is 1.23. The Labute approximate surface area is 99.8 Å². The largest absolute Gasteiger partial charge is 0.466 e. The number of carbonyl (C=O) groups is 1. The molecule has 92 valence electrons. The zero-order chi connectivity index (χ0) is 12.4. The molecule has 0 atom stereocenters. The summed E-state index contributed by atoms with van der Waals surface area (Å²) in [7, 11) is 0. The van der Waals surface area contributed by atoms with Gasteiger partial charge in [-0.15, -0.1) is 11.8 Å². The molecule has 0 heterocycles. The molecule has 0 fully saturated rings. The van der Waals surface area contributed by atoms with Crippen LogP contribution in [0.2, 0.25) is 0 Å². The summed E-state index contributed by atoms with van der Waals surface area (Å²) >= 11 is 0. The van der Waals surface area contributed by atoms with Gasteiger partial charge < -0.3 is 4.74 Å². The van der Waals surface area contributed by atoms with Crippen molar-refractivity contribution in [3.8, 4) is 11.8 Å². The molecule has 0 aliphatic rings. The van der Waals surface area contributed by atoms with Crippen LogP contribution in [0, 0.1) is 17.3 Å². The molecule has 0 aliphatic heterocycles. The molecule has 2 nitrogen and oxygen atoms in total. The van der Waals surface area contributed by atoms with Crippen molar-refractivity contribution < 1.29 is 9.53 Å². The van der Waals surface area contributed by atoms with Gasteiger partial charge in [-0.25, -0.2) is 0 Å². The van der Waals surface area contributed by atoms with E-state index in [0.29, 0.717) is 13.0 Å². The fourth-order valence-corrected chi connectivity index (χ4v) is 1.23. The number of rotatable bonds is 6. The van der Waals surface area contributed by atoms with Gasteiger partial charge in [-0.05, 0) is 27.2 Å². The second-order valence-electron chi connectivity index (χ2n) is 4.59. The Bertz CT molecular complexity index is 256. The number of unbranched alkanes of at least 4 members (excludes halogenated alkanes) is 3. The van der Waals surface area contributed by atoms with E-state index in [1.807, 2.05) is 20.8 Å². The van der Waals surface area contributed by atoms with Gasteiger partial charge in [0.2, 0.25) is 0 Å². The quantitative estimate of drug-likeness (QED) is 0.392. The van der Waals surface area contributed by atoms with Gasteiger partial charge in [0.25, 0.3) is 0 Å². The lowest BCUT2D eigenvalue weighted by molar-refractivity contribution is -0.153. The summed E-state index contributed by atoms with van der Waals surface area (Å²) in [5, 5.41) is 0. The van der Waals surface area contributed by atoms with Crippen LogP contribution in [0.25, 0.3) is 0 Å². The highest BCUT2D eigenvalue weighted by molar-refractivity contribution is 5.76. The maximum Gasteiger partial charge on any atom is 0.312 e. The minimum absolute atomic E-state index is 0.155. The van der Waals surface area contributed by atoms with Crippen molar-refractivity contribution in [3.05, 3.63) is 0 Å². The molecule has 0 bridgehead atoms. The van der Waals surface area contributed by atoms with Crippen LogP contribution in [0.15, 0.2) is 0 Å². The van der Waals surface area contributed by atoms with Crippen molar-refractivity contribution in [1.29, 1.82) is 0 Å². The zero-order valence-corrected chi connectivity index (χ0v) is 11.1. The molecule has 0 aromatic heterocycles. The summed E-state index contributed by atoms with van der Waals surface area (Å²) in [4.78, 5) is 11.5. The first-order chi connectivity index (χ1) is 7.54. The molecule has 0 aliphatic carbocycles. The molecule has 0 saturated carbocycles. The van der Waals surface area contributed by atoms with Gasteiger partial charge in [-0.3, -0.25) is 4.79 Å². The molecule has 0 saturated heterocycles. The zero-order valence-electron chi connectivity index (χ0n) is 11.1. The van der Waals surface area contributed by atoms with E-state index in [9.17, 15) is 4.79 Å². The second-order valence-corrected chi connectivity index (χ2v) is 4.59. The van der Waals surface area contributed by atoms with Crippen LogP contribution < -0.4 is 0 Å². The van der Waals surface area contributed by atoms with Crippen molar-refractivity contribution in [1.82, 2.24) is 0 Å². The van der Waals surface area contributed by atoms with Crippen LogP contribution in [-0.4, -0.2) is 12.6 Å². The van der Waals surface area contributed by atoms with Gasteiger partial charge in [0.15, 0.2) is 0 Å². The summed E-state index contributed by atoms with van der Waals surface area (Å²) < 4.78 is 5.00. The maximum atomic E-state index is 11.5. The van der Waals surface area contributed by atoms with Crippen LogP contribution in [0.1, 0.15) is 59.8 Å². The number of ether oxygens (including phenoxy) is 1. The van der Waals surface area contributed by atoms with E-state index in [1.165, 1.54) is 12.8 Å². The average Bonchev–Trinajstić information content (AvgIpc) is 2.23. The summed E-state index contributed by atoms with van der Waals surface area (Å²) in [6.07, 6.45) is 5.12. The second kappa shape index (κ2) is 8.21. The molecule has 0 rings (SSSR count). The SMILES string of the molecule is CCCCCC#CCC(C)(C)C(=O)OCC. The summed E-state index contributed by atoms with van der Waals surface area (Å²) in [5.74, 6) is 6.03. The lowest BCUT2D eigenvalue weighted by Crippen LogP contribution is -2.26. The van der Waals surface area contributed by atoms with E-state index in [4.69, 9.17) is 4.74 Å². The number of carbonyl (C=O) groups excluding carboxylic acids is 1. The lowest BCUT2D eigenvalue weighted by Gasteiger charge is -2.18. The molecular weight excluding hydrogens is 200 g/mol. The predicted octanol–water partition coefficient (Wildman–Crippen LogP) is 3.55. The third-order valence-corrected chi connectivity index (χ3v) is 2.39. The Morgan fingerprint density at radius 1 is 1.19 bits per heavy atom. The molecule has 2 heteroatoms. The monoisotopic (exact) mass is 224 g/mol. The molecule has 0 spiro atoms. The molecular formula is C14H24O2. The highest BCUT2D eigenvalue weighted by atomic mass is 16.5. The van der Waals surface area contributed by atoms with Gasteiger partial charge in [0.05, 0.1) is 12.0 Å². The van der Waals surface area contributed by atoms with Gasteiger partial charge in [0.1, 0.15) is 0 Å². The highest BCUT2D eigenvalue weighted by Gasteiger charge is 2.27. The highest BCUT2D eigenvalue weighted by Crippen LogP contribution is 2.21. The van der Waals surface area contributed by atoms with Crippen molar-refractivity contribution in [2.24, 2.45) is 5.41 Å².